The van der Waals surface area contributed by atoms with Gasteiger partial charge < -0.3 is 25.8 Å². The molecular weight excluding hydrogens is 269 g/mol. The van der Waals surface area contributed by atoms with Gasteiger partial charge in [0.1, 0.15) is 24.2 Å². The average molecular weight is 284 g/mol. The molecule has 1 unspecified atom stereocenters. The van der Waals surface area contributed by atoms with Crippen molar-refractivity contribution in [3.05, 3.63) is 18.2 Å². The predicted molar refractivity (Wildman–Crippen MR) is 68.4 cm³/mol. The normalized spacial score (nSPS) is 32.1. The Morgan fingerprint density at radius 3 is 2.89 bits per heavy atom. The van der Waals surface area contributed by atoms with E-state index >= 15 is 0 Å². The molecule has 1 fully saturated rings. The Morgan fingerprint density at radius 2 is 2.21 bits per heavy atom. The fourth-order valence-electron chi connectivity index (χ4n) is 2.36. The summed E-state index contributed by atoms with van der Waals surface area (Å²) >= 11 is 0. The first-order chi connectivity index (χ1) is 9.13. The van der Waals surface area contributed by atoms with Gasteiger partial charge in [0.15, 0.2) is 5.25 Å². The second-order valence-electron chi connectivity index (χ2n) is 4.50. The van der Waals surface area contributed by atoms with Crippen LogP contribution in [0.4, 0.5) is 5.82 Å². The van der Waals surface area contributed by atoms with E-state index in [0.717, 1.165) is 10.6 Å². The van der Waals surface area contributed by atoms with Gasteiger partial charge in [-0.3, -0.25) is 0 Å². The first kappa shape index (κ1) is 12.8. The van der Waals surface area contributed by atoms with E-state index in [1.807, 2.05) is 11.9 Å². The minimum Gasteiger partial charge on any atom is -0.394 e. The van der Waals surface area contributed by atoms with E-state index in [1.165, 1.54) is 6.33 Å². The van der Waals surface area contributed by atoms with Crippen LogP contribution in [0, 0.1) is 0 Å². The molecule has 0 spiro atoms. The van der Waals surface area contributed by atoms with Gasteiger partial charge in [0.2, 0.25) is 5.82 Å². The third-order valence-electron chi connectivity index (χ3n) is 3.39. The quantitative estimate of drug-likeness (QED) is 0.574. The molecule has 0 aliphatic carbocycles. The Kier molecular flexibility index (Phi) is 3.16. The highest BCUT2D eigenvalue weighted by atomic mass is 31.1. The van der Waals surface area contributed by atoms with Crippen molar-refractivity contribution in [3.8, 4) is 0 Å². The lowest BCUT2D eigenvalue weighted by Crippen LogP contribution is -2.32. The fraction of sp³-hybridized carbons (Fsp3) is 0.455. The maximum Gasteiger partial charge on any atom is 0.287 e. The lowest BCUT2D eigenvalue weighted by atomic mass is 10.2. The molecule has 2 aromatic rings. The van der Waals surface area contributed by atoms with E-state index in [2.05, 4.69) is 9.97 Å². The Bertz CT molecular complexity index is 605. The third kappa shape index (κ3) is 1.91. The molecule has 0 amide bonds. The van der Waals surface area contributed by atoms with Crippen LogP contribution in [0.25, 0.3) is 10.6 Å². The van der Waals surface area contributed by atoms with Gasteiger partial charge in [-0.15, -0.1) is 0 Å². The second kappa shape index (κ2) is 4.70. The number of aliphatic hydroxyl groups is 3. The zero-order chi connectivity index (χ0) is 13.6. The van der Waals surface area contributed by atoms with Crippen molar-refractivity contribution < 1.29 is 25.0 Å². The molecule has 102 valence electrons. The molecule has 5 atom stereocenters. The summed E-state index contributed by atoms with van der Waals surface area (Å²) in [5.74, 6) is 1.77. The summed E-state index contributed by atoms with van der Waals surface area (Å²) in [7, 11) is -0.976. The number of hydrogen-bond acceptors (Lipinski definition) is 6. The van der Waals surface area contributed by atoms with Crippen LogP contribution in [0.15, 0.2) is 18.2 Å². The lowest BCUT2D eigenvalue weighted by molar-refractivity contribution is -0.346. The molecule has 8 heteroatoms. The number of nitrogen functional groups attached to an aromatic ring is 1. The Labute approximate surface area is 109 Å². The summed E-state index contributed by atoms with van der Waals surface area (Å²) < 4.78 is 5.56. The van der Waals surface area contributed by atoms with Crippen LogP contribution < -0.4 is 10.7 Å². The molecule has 1 saturated heterocycles. The minimum absolute atomic E-state index is 0.323. The van der Waals surface area contributed by atoms with Crippen molar-refractivity contribution in [1.82, 2.24) is 4.98 Å². The van der Waals surface area contributed by atoms with E-state index < -0.39 is 31.7 Å². The average Bonchev–Trinajstić information content (AvgIpc) is 2.94. The van der Waals surface area contributed by atoms with Gasteiger partial charge in [-0.25, -0.2) is 4.98 Å². The molecule has 1 aliphatic rings. The molecule has 0 radical (unpaired) electrons. The van der Waals surface area contributed by atoms with Gasteiger partial charge in [0.25, 0.3) is 6.33 Å². The molecule has 19 heavy (non-hydrogen) atoms. The second-order valence-corrected chi connectivity index (χ2v) is 6.57. The highest BCUT2D eigenvalue weighted by Crippen LogP contribution is 2.52. The van der Waals surface area contributed by atoms with Crippen LogP contribution in [-0.2, 0) is 4.74 Å². The van der Waals surface area contributed by atoms with E-state index in [9.17, 15) is 10.2 Å². The number of aromatic amines is 1. The maximum absolute atomic E-state index is 10.0. The predicted octanol–water partition coefficient (Wildman–Crippen LogP) is -0.771. The number of nitrogens with one attached hydrogen (secondary N) is 1. The first-order valence-corrected chi connectivity index (χ1v) is 7.36. The molecule has 1 aliphatic heterocycles. The molecule has 3 rings (SSSR count). The van der Waals surface area contributed by atoms with Crippen LogP contribution >= 0.6 is 7.53 Å². The highest BCUT2D eigenvalue weighted by molar-refractivity contribution is 7.54. The first-order valence-electron chi connectivity index (χ1n) is 5.88. The standard InChI is InChI=1S/C11H14N3O4P/c12-9-5-1-2-19(10(5)14-4-13-9)11-8(17)7(16)6(3-15)18-11/h1-2,4,6-8,11,15-17H,3H2,(H2,12,13,14)/p+1/t6-,7-,8-,11+,19?/m1/s1. The monoisotopic (exact) mass is 284 g/mol. The van der Waals surface area contributed by atoms with Gasteiger partial charge in [-0.2, -0.15) is 0 Å². The summed E-state index contributed by atoms with van der Waals surface area (Å²) in [6, 6.07) is 1.84. The van der Waals surface area contributed by atoms with Crippen molar-refractivity contribution in [2.45, 2.75) is 24.2 Å². The van der Waals surface area contributed by atoms with Crippen LogP contribution in [0.2, 0.25) is 0 Å². The molecular formula is C11H15N3O4P+. The number of ether oxygens (including phenoxy) is 1. The summed E-state index contributed by atoms with van der Waals surface area (Å²) in [5, 5.41) is 30.6. The number of nitrogens with two attached hydrogens (primary N) is 1. The number of rotatable bonds is 2. The topological polar surface area (TPSA) is 123 Å². The smallest absolute Gasteiger partial charge is 0.287 e. The molecule has 6 N–H and O–H groups in total. The van der Waals surface area contributed by atoms with Crippen LogP contribution in [-0.4, -0.2) is 45.2 Å². The van der Waals surface area contributed by atoms with Gasteiger partial charge in [-0.1, -0.05) is 0 Å². The fourth-order valence-corrected chi connectivity index (χ4v) is 4.71. The van der Waals surface area contributed by atoms with Crippen LogP contribution in [0.3, 0.4) is 0 Å². The molecule has 0 saturated carbocycles. The molecule has 3 heterocycles. The Hall–Kier alpha value is -1.24. The van der Waals surface area contributed by atoms with Crippen LogP contribution in [0.5, 0.6) is 0 Å². The highest BCUT2D eigenvalue weighted by Gasteiger charge is 2.44. The SMILES string of the molecule is Nc1nc[nH+]c2c1ccp2[C@@H]1O[C@H](CO)[C@@H](O)[C@H]1O. The number of H-pyrrole nitrogens is 1. The number of anilines is 1. The summed E-state index contributed by atoms with van der Waals surface area (Å²) in [5.41, 5.74) is 5.78. The van der Waals surface area contributed by atoms with E-state index in [0.29, 0.717) is 5.82 Å². The summed E-state index contributed by atoms with van der Waals surface area (Å²) in [6.07, 6.45) is -1.35. The largest absolute Gasteiger partial charge is 0.394 e. The van der Waals surface area contributed by atoms with Crippen molar-refractivity contribution >= 4 is 24.0 Å². The molecule has 0 bridgehead atoms. The van der Waals surface area contributed by atoms with Crippen molar-refractivity contribution in [2.24, 2.45) is 0 Å². The van der Waals surface area contributed by atoms with Crippen molar-refractivity contribution in [1.29, 1.82) is 0 Å². The number of aliphatic hydroxyl groups excluding tert-OH is 3. The van der Waals surface area contributed by atoms with Crippen LogP contribution in [0.1, 0.15) is 5.85 Å². The third-order valence-corrected chi connectivity index (χ3v) is 5.72. The summed E-state index contributed by atoms with van der Waals surface area (Å²) in [6.45, 7) is -0.323. The van der Waals surface area contributed by atoms with E-state index in [-0.39, 0.29) is 6.61 Å². The van der Waals surface area contributed by atoms with Gasteiger partial charge in [-0.05, 0) is 24.4 Å². The van der Waals surface area contributed by atoms with Crippen molar-refractivity contribution in [2.75, 3.05) is 12.3 Å². The van der Waals surface area contributed by atoms with Gasteiger partial charge in [0, 0.05) is 0 Å². The molecule has 2 aromatic heterocycles. The van der Waals surface area contributed by atoms with Crippen molar-refractivity contribution in [3.63, 3.8) is 0 Å². The minimum atomic E-state index is -1.07. The Morgan fingerprint density at radius 1 is 1.42 bits per heavy atom. The number of hydrogen-bond donors (Lipinski definition) is 4. The van der Waals surface area contributed by atoms with E-state index in [1.54, 1.807) is 0 Å². The summed E-state index contributed by atoms with van der Waals surface area (Å²) in [4.78, 5) is 6.99. The zero-order valence-corrected chi connectivity index (χ0v) is 10.9. The van der Waals surface area contributed by atoms with Gasteiger partial charge >= 0.3 is 0 Å². The Balaban J connectivity index is 2.04. The molecule has 0 aromatic carbocycles. The maximum atomic E-state index is 10.0. The molecule has 7 nitrogen and oxygen atoms in total. The zero-order valence-electron chi connectivity index (χ0n) is 9.97. The number of aromatic nitrogens is 2. The van der Waals surface area contributed by atoms with E-state index in [4.69, 9.17) is 15.6 Å². The number of nitrogens with zero attached hydrogens (tertiary/aromatic N) is 1. The number of fused-ring (bicyclic) bond motifs is 1. The van der Waals surface area contributed by atoms with Gasteiger partial charge in [0.05, 0.1) is 12.0 Å². The lowest BCUT2D eigenvalue weighted by Gasteiger charge is -2.13.